The standard InChI is InChI=1S/C22H24N4OS/c1-22(2)14-10-13(21-25-23-12-26(21)3)8-9-16(14)24-20-15(22)11-28-18-7-5-6-17(27-4)19(18)20/h5-10,12,15,20,24H,11H2,1-4H3. The topological polar surface area (TPSA) is 52.0 Å². The zero-order chi connectivity index (χ0) is 19.5. The van der Waals surface area contributed by atoms with Crippen LogP contribution in [0.25, 0.3) is 11.4 Å². The Kier molecular flexibility index (Phi) is 3.95. The Balaban J connectivity index is 1.64. The molecular formula is C22H24N4OS. The van der Waals surface area contributed by atoms with Gasteiger partial charge in [0, 0.05) is 40.4 Å². The van der Waals surface area contributed by atoms with E-state index in [4.69, 9.17) is 4.74 Å². The fourth-order valence-electron chi connectivity index (χ4n) is 4.66. The maximum atomic E-state index is 5.73. The third kappa shape index (κ3) is 2.47. The molecule has 28 heavy (non-hydrogen) atoms. The van der Waals surface area contributed by atoms with Crippen LogP contribution >= 0.6 is 11.8 Å². The molecule has 1 aromatic heterocycles. The monoisotopic (exact) mass is 392 g/mol. The van der Waals surface area contributed by atoms with E-state index < -0.39 is 0 Å². The van der Waals surface area contributed by atoms with Gasteiger partial charge < -0.3 is 14.6 Å². The molecule has 0 spiro atoms. The maximum Gasteiger partial charge on any atom is 0.163 e. The lowest BCUT2D eigenvalue weighted by Gasteiger charge is -2.49. The second kappa shape index (κ2) is 6.27. The minimum atomic E-state index is 0.0192. The molecule has 3 aromatic rings. The van der Waals surface area contributed by atoms with Crippen LogP contribution < -0.4 is 10.1 Å². The molecule has 144 valence electrons. The van der Waals surface area contributed by atoms with Gasteiger partial charge in [0.05, 0.1) is 13.2 Å². The van der Waals surface area contributed by atoms with Crippen LogP contribution in [0.4, 0.5) is 5.69 Å². The quantitative estimate of drug-likeness (QED) is 0.688. The second-order valence-electron chi connectivity index (χ2n) is 8.16. The summed E-state index contributed by atoms with van der Waals surface area (Å²) in [7, 11) is 3.74. The number of nitrogens with zero attached hydrogens (tertiary/aromatic N) is 3. The summed E-state index contributed by atoms with van der Waals surface area (Å²) < 4.78 is 7.69. The highest BCUT2D eigenvalue weighted by Crippen LogP contribution is 2.56. The lowest BCUT2D eigenvalue weighted by atomic mass is 9.66. The number of rotatable bonds is 2. The van der Waals surface area contributed by atoms with Crippen molar-refractivity contribution in [3.05, 3.63) is 53.9 Å². The number of hydrogen-bond donors (Lipinski definition) is 1. The Morgan fingerprint density at radius 2 is 2.11 bits per heavy atom. The fourth-order valence-corrected chi connectivity index (χ4v) is 6.19. The van der Waals surface area contributed by atoms with E-state index >= 15 is 0 Å². The van der Waals surface area contributed by atoms with E-state index in [2.05, 4.69) is 65.8 Å². The van der Waals surface area contributed by atoms with Crippen LogP contribution in [0.5, 0.6) is 5.75 Å². The summed E-state index contributed by atoms with van der Waals surface area (Å²) in [5.74, 6) is 3.41. The van der Waals surface area contributed by atoms with Gasteiger partial charge in [0.25, 0.3) is 0 Å². The molecule has 0 saturated heterocycles. The Morgan fingerprint density at radius 1 is 1.25 bits per heavy atom. The summed E-state index contributed by atoms with van der Waals surface area (Å²) in [6, 6.07) is 13.2. The molecule has 0 aliphatic carbocycles. The molecule has 6 heteroatoms. The first kappa shape index (κ1) is 17.6. The van der Waals surface area contributed by atoms with Crippen molar-refractivity contribution in [2.45, 2.75) is 30.2 Å². The molecule has 5 rings (SSSR count). The van der Waals surface area contributed by atoms with Crippen molar-refractivity contribution in [3.63, 3.8) is 0 Å². The summed E-state index contributed by atoms with van der Waals surface area (Å²) in [6.07, 6.45) is 1.75. The van der Waals surface area contributed by atoms with Gasteiger partial charge in [-0.15, -0.1) is 22.0 Å². The summed E-state index contributed by atoms with van der Waals surface area (Å²) in [5.41, 5.74) is 4.95. The van der Waals surface area contributed by atoms with Crippen LogP contribution in [0, 0.1) is 5.92 Å². The van der Waals surface area contributed by atoms with Gasteiger partial charge in [0.2, 0.25) is 0 Å². The van der Waals surface area contributed by atoms with Gasteiger partial charge in [0.1, 0.15) is 12.1 Å². The molecule has 0 bridgehead atoms. The van der Waals surface area contributed by atoms with Crippen molar-refractivity contribution < 1.29 is 4.74 Å². The Hall–Kier alpha value is -2.47. The predicted molar refractivity (Wildman–Crippen MR) is 113 cm³/mol. The SMILES string of the molecule is COc1cccc2c1C1Nc3ccc(-c4nncn4C)cc3C(C)(C)C1CS2. The number of ether oxygens (including phenoxy) is 1. The number of aryl methyl sites for hydroxylation is 1. The van der Waals surface area contributed by atoms with Gasteiger partial charge in [-0.1, -0.05) is 19.9 Å². The molecule has 0 fully saturated rings. The number of nitrogens with one attached hydrogen (secondary N) is 1. The number of fused-ring (bicyclic) bond motifs is 4. The van der Waals surface area contributed by atoms with E-state index in [-0.39, 0.29) is 11.5 Å². The highest BCUT2D eigenvalue weighted by atomic mass is 32.2. The molecule has 3 heterocycles. The number of methoxy groups -OCH3 is 1. The molecule has 0 saturated carbocycles. The zero-order valence-electron chi connectivity index (χ0n) is 16.6. The van der Waals surface area contributed by atoms with Gasteiger partial charge >= 0.3 is 0 Å². The molecule has 2 aromatic carbocycles. The molecule has 2 aliphatic heterocycles. The Labute approximate surface area is 169 Å². The van der Waals surface area contributed by atoms with Crippen LogP contribution in [0.15, 0.2) is 47.6 Å². The summed E-state index contributed by atoms with van der Waals surface area (Å²) in [5, 5.41) is 12.2. The number of thioether (sulfide) groups is 1. The zero-order valence-corrected chi connectivity index (χ0v) is 17.4. The first-order valence-electron chi connectivity index (χ1n) is 9.56. The van der Waals surface area contributed by atoms with Gasteiger partial charge in [-0.3, -0.25) is 0 Å². The number of anilines is 1. The molecule has 0 radical (unpaired) electrons. The number of aromatic nitrogens is 3. The van der Waals surface area contributed by atoms with Crippen molar-refractivity contribution in [1.29, 1.82) is 0 Å². The van der Waals surface area contributed by atoms with E-state index in [0.717, 1.165) is 22.9 Å². The van der Waals surface area contributed by atoms with Crippen molar-refractivity contribution >= 4 is 17.4 Å². The van der Waals surface area contributed by atoms with Crippen LogP contribution in [0.2, 0.25) is 0 Å². The lowest BCUT2D eigenvalue weighted by molar-refractivity contribution is 0.286. The second-order valence-corrected chi connectivity index (χ2v) is 9.22. The van der Waals surface area contributed by atoms with Gasteiger partial charge in [-0.2, -0.15) is 0 Å². The maximum absolute atomic E-state index is 5.73. The van der Waals surface area contributed by atoms with Gasteiger partial charge in [-0.05, 0) is 41.3 Å². The van der Waals surface area contributed by atoms with Gasteiger partial charge in [0.15, 0.2) is 5.82 Å². The molecular weight excluding hydrogens is 368 g/mol. The molecule has 5 nitrogen and oxygen atoms in total. The van der Waals surface area contributed by atoms with Crippen LogP contribution in [-0.4, -0.2) is 27.6 Å². The van der Waals surface area contributed by atoms with Crippen molar-refractivity contribution in [1.82, 2.24) is 14.8 Å². The number of hydrogen-bond acceptors (Lipinski definition) is 5. The summed E-state index contributed by atoms with van der Waals surface area (Å²) in [4.78, 5) is 1.32. The number of benzene rings is 2. The minimum absolute atomic E-state index is 0.0192. The lowest BCUT2D eigenvalue weighted by Crippen LogP contribution is -2.44. The molecule has 0 amide bonds. The van der Waals surface area contributed by atoms with E-state index in [1.54, 1.807) is 13.4 Å². The van der Waals surface area contributed by atoms with Crippen LogP contribution in [0.3, 0.4) is 0 Å². The first-order chi connectivity index (χ1) is 13.5. The van der Waals surface area contributed by atoms with Crippen molar-refractivity contribution in [2.24, 2.45) is 13.0 Å². The average Bonchev–Trinajstić information content (AvgIpc) is 3.13. The highest BCUT2D eigenvalue weighted by molar-refractivity contribution is 7.99. The third-order valence-electron chi connectivity index (χ3n) is 6.30. The smallest absolute Gasteiger partial charge is 0.163 e. The van der Waals surface area contributed by atoms with E-state index in [1.807, 2.05) is 23.4 Å². The van der Waals surface area contributed by atoms with Gasteiger partial charge in [-0.25, -0.2) is 0 Å². The van der Waals surface area contributed by atoms with E-state index in [9.17, 15) is 0 Å². The van der Waals surface area contributed by atoms with E-state index in [0.29, 0.717) is 5.92 Å². The summed E-state index contributed by atoms with van der Waals surface area (Å²) >= 11 is 1.94. The first-order valence-corrected chi connectivity index (χ1v) is 10.5. The molecule has 2 atom stereocenters. The Morgan fingerprint density at radius 3 is 2.86 bits per heavy atom. The fraction of sp³-hybridized carbons (Fsp3) is 0.364. The predicted octanol–water partition coefficient (Wildman–Crippen LogP) is 4.66. The molecule has 2 aliphatic rings. The molecule has 2 unspecified atom stereocenters. The third-order valence-corrected chi connectivity index (χ3v) is 7.49. The Bertz CT molecular complexity index is 1040. The van der Waals surface area contributed by atoms with Crippen LogP contribution in [0.1, 0.15) is 31.0 Å². The summed E-state index contributed by atoms with van der Waals surface area (Å²) in [6.45, 7) is 4.73. The highest BCUT2D eigenvalue weighted by Gasteiger charge is 2.46. The van der Waals surface area contributed by atoms with Crippen molar-refractivity contribution in [2.75, 3.05) is 18.2 Å². The minimum Gasteiger partial charge on any atom is -0.496 e. The van der Waals surface area contributed by atoms with Crippen LogP contribution in [-0.2, 0) is 12.5 Å². The van der Waals surface area contributed by atoms with E-state index in [1.165, 1.54) is 21.7 Å². The normalized spacial score (nSPS) is 21.9. The average molecular weight is 393 g/mol. The molecule has 1 N–H and O–H groups in total. The largest absolute Gasteiger partial charge is 0.496 e. The van der Waals surface area contributed by atoms with Crippen molar-refractivity contribution in [3.8, 4) is 17.1 Å².